The molecule has 0 aliphatic carbocycles. The Balaban J connectivity index is 1.75. The van der Waals surface area contributed by atoms with Gasteiger partial charge in [-0.2, -0.15) is 13.2 Å². The first-order valence-corrected chi connectivity index (χ1v) is 16.6. The van der Waals surface area contributed by atoms with Crippen molar-refractivity contribution < 1.29 is 32.2 Å². The standard InChI is InChI=1S/C31H42F3N3O4S/c1-21-16-22(11-13-25(21)40-19-30(5,6)28(38)41-29(2,3)4)24-12-10-23(17-35-24)27-36-26(31(32,33)34)18-37(27)20-39-14-15-42(7,8)9/h10-13,16-18H,14-15,19-20H2,1-9H3. The molecule has 3 rings (SSSR count). The summed E-state index contributed by atoms with van der Waals surface area (Å²) in [7, 11) is -0.782. The van der Waals surface area contributed by atoms with Gasteiger partial charge in [0.1, 0.15) is 30.5 Å². The molecule has 3 aromatic rings. The van der Waals surface area contributed by atoms with Gasteiger partial charge in [-0.1, -0.05) is 0 Å². The Morgan fingerprint density at radius 2 is 1.67 bits per heavy atom. The molecule has 0 saturated heterocycles. The van der Waals surface area contributed by atoms with Crippen molar-refractivity contribution in [2.45, 2.75) is 60.1 Å². The second-order valence-electron chi connectivity index (χ2n) is 12.8. The lowest BCUT2D eigenvalue weighted by atomic mass is 9.94. The van der Waals surface area contributed by atoms with E-state index in [0.29, 0.717) is 23.6 Å². The van der Waals surface area contributed by atoms with Gasteiger partial charge >= 0.3 is 12.1 Å². The van der Waals surface area contributed by atoms with Gasteiger partial charge in [-0.25, -0.2) is 15.0 Å². The van der Waals surface area contributed by atoms with Crippen LogP contribution in [0.2, 0.25) is 0 Å². The molecule has 7 nitrogen and oxygen atoms in total. The Morgan fingerprint density at radius 1 is 1.00 bits per heavy atom. The van der Waals surface area contributed by atoms with E-state index >= 15 is 0 Å². The first kappa shape index (κ1) is 33.5. The minimum atomic E-state index is -4.58. The molecule has 11 heteroatoms. The lowest BCUT2D eigenvalue weighted by Gasteiger charge is -2.28. The third-order valence-corrected chi connectivity index (χ3v) is 7.56. The Labute approximate surface area is 248 Å². The van der Waals surface area contributed by atoms with Crippen LogP contribution in [-0.2, 0) is 27.2 Å². The fourth-order valence-electron chi connectivity index (χ4n) is 3.75. The Hall–Kier alpha value is -3.05. The van der Waals surface area contributed by atoms with E-state index in [1.54, 1.807) is 26.0 Å². The van der Waals surface area contributed by atoms with Gasteiger partial charge in [0.2, 0.25) is 0 Å². The highest BCUT2D eigenvalue weighted by Crippen LogP contribution is 2.34. The average Bonchev–Trinajstić information content (AvgIpc) is 3.29. The topological polar surface area (TPSA) is 75.5 Å². The molecule has 1 aromatic carbocycles. The number of hydrogen-bond donors (Lipinski definition) is 0. The lowest BCUT2D eigenvalue weighted by molar-refractivity contribution is -0.167. The molecule has 0 N–H and O–H groups in total. The Bertz CT molecular complexity index is 1370. The number of hydrogen-bond acceptors (Lipinski definition) is 6. The molecule has 232 valence electrons. The number of pyridine rings is 1. The molecule has 42 heavy (non-hydrogen) atoms. The van der Waals surface area contributed by atoms with Crippen LogP contribution in [0.15, 0.2) is 42.7 Å². The molecule has 0 amide bonds. The molecule has 0 fully saturated rings. The van der Waals surface area contributed by atoms with Crippen LogP contribution in [0, 0.1) is 12.3 Å². The maximum absolute atomic E-state index is 13.5. The largest absolute Gasteiger partial charge is 0.492 e. The van der Waals surface area contributed by atoms with Gasteiger partial charge in [0.15, 0.2) is 5.69 Å². The van der Waals surface area contributed by atoms with Crippen molar-refractivity contribution in [1.29, 1.82) is 0 Å². The smallest absolute Gasteiger partial charge is 0.434 e. The third kappa shape index (κ3) is 9.49. The third-order valence-electron chi connectivity index (χ3n) is 6.17. The SMILES string of the molecule is Cc1cc(-c2ccc(-c3nc(C(F)(F)F)cn3COCCS(C)(C)C)cn2)ccc1OCC(C)(C)C(=O)OC(C)(C)C. The van der Waals surface area contributed by atoms with Crippen LogP contribution >= 0.6 is 10.0 Å². The number of imidazole rings is 1. The molecule has 0 bridgehead atoms. The van der Waals surface area contributed by atoms with E-state index in [0.717, 1.165) is 23.1 Å². The average molecular weight is 610 g/mol. The number of nitrogens with zero attached hydrogens (tertiary/aromatic N) is 3. The van der Waals surface area contributed by atoms with E-state index < -0.39 is 32.9 Å². The number of ether oxygens (including phenoxy) is 3. The number of aromatic nitrogens is 3. The first-order valence-electron chi connectivity index (χ1n) is 13.6. The zero-order chi connectivity index (χ0) is 31.5. The van der Waals surface area contributed by atoms with E-state index in [2.05, 4.69) is 28.7 Å². The maximum atomic E-state index is 13.5. The highest BCUT2D eigenvalue weighted by atomic mass is 32.3. The highest BCUT2D eigenvalue weighted by Gasteiger charge is 2.35. The summed E-state index contributed by atoms with van der Waals surface area (Å²) < 4.78 is 58.9. The molecule has 2 aromatic heterocycles. The van der Waals surface area contributed by atoms with E-state index in [-0.39, 0.29) is 25.1 Å². The van der Waals surface area contributed by atoms with Crippen LogP contribution in [0.25, 0.3) is 22.6 Å². The summed E-state index contributed by atoms with van der Waals surface area (Å²) >= 11 is 0. The van der Waals surface area contributed by atoms with E-state index in [9.17, 15) is 18.0 Å². The summed E-state index contributed by atoms with van der Waals surface area (Å²) in [6, 6.07) is 9.00. The lowest BCUT2D eigenvalue weighted by Crippen LogP contribution is -2.37. The van der Waals surface area contributed by atoms with Gasteiger partial charge in [0, 0.05) is 29.3 Å². The normalized spacial score (nSPS) is 13.2. The molecule has 0 radical (unpaired) electrons. The number of halogens is 3. The van der Waals surface area contributed by atoms with Gasteiger partial charge in [-0.3, -0.25) is 9.78 Å². The number of benzene rings is 1. The fourth-order valence-corrected chi connectivity index (χ4v) is 4.37. The van der Waals surface area contributed by atoms with Crippen LogP contribution in [-0.4, -0.2) is 63.8 Å². The maximum Gasteiger partial charge on any atom is 0.434 e. The molecule has 0 aliphatic rings. The summed E-state index contributed by atoms with van der Waals surface area (Å²) in [6.45, 7) is 11.5. The number of carbonyl (C=O) groups is 1. The number of rotatable bonds is 11. The number of esters is 1. The molecule has 0 saturated carbocycles. The molecule has 0 unspecified atom stereocenters. The summed E-state index contributed by atoms with van der Waals surface area (Å²) in [5.41, 5.74) is 0.332. The number of aryl methyl sites for hydroxylation is 1. The zero-order valence-corrected chi connectivity index (χ0v) is 26.7. The number of carbonyl (C=O) groups excluding carboxylic acids is 1. The molecule has 0 atom stereocenters. The van der Waals surface area contributed by atoms with Crippen molar-refractivity contribution in [3.8, 4) is 28.4 Å². The molecule has 2 heterocycles. The van der Waals surface area contributed by atoms with Gasteiger partial charge in [-0.05, 0) is 96.2 Å². The van der Waals surface area contributed by atoms with Crippen LogP contribution < -0.4 is 4.74 Å². The molecular weight excluding hydrogens is 567 g/mol. The minimum Gasteiger partial charge on any atom is -0.492 e. The molecular formula is C31H42F3N3O4S. The summed E-state index contributed by atoms with van der Waals surface area (Å²) in [4.78, 5) is 20.9. The van der Waals surface area contributed by atoms with Crippen molar-refractivity contribution in [2.75, 3.05) is 37.7 Å². The highest BCUT2D eigenvalue weighted by molar-refractivity contribution is 8.32. The second kappa shape index (κ2) is 12.7. The van der Waals surface area contributed by atoms with Crippen LogP contribution in [0.3, 0.4) is 0 Å². The Kier molecular flexibility index (Phi) is 10.1. The minimum absolute atomic E-state index is 0.0406. The number of alkyl halides is 3. The van der Waals surface area contributed by atoms with Crippen LogP contribution in [0.1, 0.15) is 45.9 Å². The van der Waals surface area contributed by atoms with Crippen LogP contribution in [0.4, 0.5) is 13.2 Å². The van der Waals surface area contributed by atoms with Crippen molar-refractivity contribution in [1.82, 2.24) is 14.5 Å². The van der Waals surface area contributed by atoms with Crippen molar-refractivity contribution in [3.05, 3.63) is 54.0 Å². The monoisotopic (exact) mass is 609 g/mol. The van der Waals surface area contributed by atoms with Crippen molar-refractivity contribution in [3.63, 3.8) is 0 Å². The Morgan fingerprint density at radius 3 is 2.21 bits per heavy atom. The van der Waals surface area contributed by atoms with E-state index in [1.807, 2.05) is 45.9 Å². The quantitative estimate of drug-likeness (QED) is 0.167. The van der Waals surface area contributed by atoms with Gasteiger partial charge in [0.05, 0.1) is 17.7 Å². The predicted octanol–water partition coefficient (Wildman–Crippen LogP) is 7.35. The first-order chi connectivity index (χ1) is 19.2. The van der Waals surface area contributed by atoms with Crippen LogP contribution in [0.5, 0.6) is 5.75 Å². The zero-order valence-electron chi connectivity index (χ0n) is 25.9. The van der Waals surface area contributed by atoms with Crippen molar-refractivity contribution in [2.24, 2.45) is 5.41 Å². The molecule has 0 spiro atoms. The fraction of sp³-hybridized carbons (Fsp3) is 0.516. The van der Waals surface area contributed by atoms with Gasteiger partial charge < -0.3 is 18.8 Å². The molecule has 0 aliphatic heterocycles. The van der Waals surface area contributed by atoms with Gasteiger partial charge in [-0.15, -0.1) is 0 Å². The summed E-state index contributed by atoms with van der Waals surface area (Å²) in [5.74, 6) is 1.28. The summed E-state index contributed by atoms with van der Waals surface area (Å²) in [6.07, 6.45) is 4.37. The van der Waals surface area contributed by atoms with Crippen molar-refractivity contribution >= 4 is 16.0 Å². The predicted molar refractivity (Wildman–Crippen MR) is 162 cm³/mol. The summed E-state index contributed by atoms with van der Waals surface area (Å²) in [5, 5.41) is 0. The van der Waals surface area contributed by atoms with E-state index in [1.165, 1.54) is 10.8 Å². The van der Waals surface area contributed by atoms with Gasteiger partial charge in [0.25, 0.3) is 0 Å². The second-order valence-corrected chi connectivity index (χ2v) is 17.4. The van der Waals surface area contributed by atoms with E-state index in [4.69, 9.17) is 14.2 Å².